The maximum atomic E-state index is 13.2. The Morgan fingerprint density at radius 2 is 1.77 bits per heavy atom. The van der Waals surface area contributed by atoms with Gasteiger partial charge in [-0.25, -0.2) is 14.8 Å². The summed E-state index contributed by atoms with van der Waals surface area (Å²) in [5.41, 5.74) is 2.54. The first-order chi connectivity index (χ1) is 14.4. The molecule has 0 bridgehead atoms. The summed E-state index contributed by atoms with van der Waals surface area (Å²) in [7, 11) is 3.37. The highest BCUT2D eigenvalue weighted by atomic mass is 16.3. The smallest absolute Gasteiger partial charge is 0.328 e. The lowest BCUT2D eigenvalue weighted by atomic mass is 10.1. The molecule has 2 heterocycles. The molecular formula is C22H23N5O3. The normalized spacial score (nSPS) is 21.4. The van der Waals surface area contributed by atoms with Crippen molar-refractivity contribution in [2.75, 3.05) is 14.1 Å². The predicted molar refractivity (Wildman–Crippen MR) is 113 cm³/mol. The van der Waals surface area contributed by atoms with E-state index in [1.54, 1.807) is 43.3 Å². The molecule has 2 aromatic carbocycles. The number of aryl methyl sites for hydroxylation is 1. The Kier molecular flexibility index (Phi) is 4.99. The minimum atomic E-state index is -0.644. The summed E-state index contributed by atoms with van der Waals surface area (Å²) in [6.45, 7) is 2.19. The summed E-state index contributed by atoms with van der Waals surface area (Å²) < 4.78 is 0. The van der Waals surface area contributed by atoms with Crippen LogP contribution in [0.5, 0.6) is 5.75 Å². The minimum absolute atomic E-state index is 0.104. The molecule has 2 aliphatic heterocycles. The van der Waals surface area contributed by atoms with Gasteiger partial charge in [-0.15, -0.1) is 0 Å². The van der Waals surface area contributed by atoms with Crippen LogP contribution in [0.2, 0.25) is 0 Å². The maximum absolute atomic E-state index is 13.2. The van der Waals surface area contributed by atoms with Crippen LogP contribution in [-0.2, 0) is 11.3 Å². The van der Waals surface area contributed by atoms with Crippen molar-refractivity contribution in [3.8, 4) is 5.75 Å². The maximum Gasteiger partial charge on any atom is 0.328 e. The van der Waals surface area contributed by atoms with Crippen molar-refractivity contribution >= 4 is 24.1 Å². The van der Waals surface area contributed by atoms with E-state index in [9.17, 15) is 14.7 Å². The number of phenols is 1. The van der Waals surface area contributed by atoms with Gasteiger partial charge in [-0.05, 0) is 24.6 Å². The van der Waals surface area contributed by atoms with Crippen LogP contribution in [0, 0.1) is 6.92 Å². The Bertz CT molecular complexity index is 1050. The van der Waals surface area contributed by atoms with Crippen LogP contribution in [0.3, 0.4) is 0 Å². The Hall–Kier alpha value is -3.68. The van der Waals surface area contributed by atoms with Gasteiger partial charge in [0.1, 0.15) is 5.75 Å². The second kappa shape index (κ2) is 7.62. The average Bonchev–Trinajstić information content (AvgIpc) is 3.07. The zero-order valence-corrected chi connectivity index (χ0v) is 17.1. The number of phenolic OH excluding ortho intramolecular Hbond substituents is 1. The number of fused-ring (bicyclic) bond motifs is 1. The molecule has 8 nitrogen and oxygen atoms in total. The molecule has 2 unspecified atom stereocenters. The molecule has 1 saturated heterocycles. The monoisotopic (exact) mass is 405 g/mol. The quantitative estimate of drug-likeness (QED) is 0.793. The number of imide groups is 1. The van der Waals surface area contributed by atoms with Crippen molar-refractivity contribution in [1.82, 2.24) is 14.7 Å². The third-order valence-electron chi connectivity index (χ3n) is 5.43. The number of amides is 3. The number of nitrogens with zero attached hydrogens (tertiary/aromatic N) is 5. The zero-order valence-electron chi connectivity index (χ0n) is 17.1. The van der Waals surface area contributed by atoms with Crippen molar-refractivity contribution in [3.05, 3.63) is 65.2 Å². The molecule has 3 amide bonds. The van der Waals surface area contributed by atoms with Crippen molar-refractivity contribution in [3.63, 3.8) is 0 Å². The average molecular weight is 405 g/mol. The number of urea groups is 1. The second-order valence-corrected chi connectivity index (χ2v) is 7.52. The van der Waals surface area contributed by atoms with E-state index < -0.39 is 12.2 Å². The summed E-state index contributed by atoms with van der Waals surface area (Å²) in [5, 5.41) is 9.91. The van der Waals surface area contributed by atoms with Gasteiger partial charge >= 0.3 is 6.03 Å². The predicted octanol–water partition coefficient (Wildman–Crippen LogP) is 2.21. The molecule has 0 aromatic heterocycles. The number of carbonyl (C=O) groups is 2. The molecule has 154 valence electrons. The van der Waals surface area contributed by atoms with Crippen LogP contribution < -0.4 is 0 Å². The first kappa shape index (κ1) is 19.6. The molecule has 8 heteroatoms. The Balaban J connectivity index is 1.57. The number of benzene rings is 2. The van der Waals surface area contributed by atoms with Gasteiger partial charge in [-0.3, -0.25) is 9.69 Å². The van der Waals surface area contributed by atoms with Crippen molar-refractivity contribution in [2.24, 2.45) is 9.98 Å². The first-order valence-electron chi connectivity index (χ1n) is 9.63. The van der Waals surface area contributed by atoms with Crippen LogP contribution in [0.4, 0.5) is 4.79 Å². The van der Waals surface area contributed by atoms with Crippen LogP contribution in [0.1, 0.15) is 16.7 Å². The minimum Gasteiger partial charge on any atom is -0.507 e. The highest BCUT2D eigenvalue weighted by molar-refractivity contribution is 6.05. The molecule has 1 fully saturated rings. The number of carbonyl (C=O) groups excluding carboxylic acids is 2. The van der Waals surface area contributed by atoms with Crippen LogP contribution in [0.15, 0.2) is 58.5 Å². The fourth-order valence-electron chi connectivity index (χ4n) is 3.62. The molecule has 2 aliphatic rings. The molecule has 0 aliphatic carbocycles. The molecule has 30 heavy (non-hydrogen) atoms. The summed E-state index contributed by atoms with van der Waals surface area (Å²) >= 11 is 0. The van der Waals surface area contributed by atoms with Crippen molar-refractivity contribution in [2.45, 2.75) is 25.7 Å². The number of likely N-dealkylation sites (N-methyl/N-ethyl adjacent to an activating group) is 2. The third-order valence-corrected chi connectivity index (χ3v) is 5.43. The summed E-state index contributed by atoms with van der Waals surface area (Å²) in [5.74, 6) is 0.133. The number of hydrogen-bond donors (Lipinski definition) is 1. The van der Waals surface area contributed by atoms with Gasteiger partial charge < -0.3 is 14.9 Å². The molecule has 4 rings (SSSR count). The Labute approximate surface area is 174 Å². The van der Waals surface area contributed by atoms with E-state index in [1.807, 2.05) is 31.2 Å². The van der Waals surface area contributed by atoms with Gasteiger partial charge in [0.15, 0.2) is 12.2 Å². The van der Waals surface area contributed by atoms with Crippen LogP contribution in [-0.4, -0.2) is 70.2 Å². The van der Waals surface area contributed by atoms with E-state index in [-0.39, 0.29) is 24.2 Å². The molecular weight excluding hydrogens is 382 g/mol. The highest BCUT2D eigenvalue weighted by Crippen LogP contribution is 2.28. The van der Waals surface area contributed by atoms with Crippen LogP contribution >= 0.6 is 0 Å². The van der Waals surface area contributed by atoms with Gasteiger partial charge in [0.25, 0.3) is 5.91 Å². The van der Waals surface area contributed by atoms with E-state index >= 15 is 0 Å². The lowest BCUT2D eigenvalue weighted by Crippen LogP contribution is -2.64. The SMILES string of the molecule is Cc1ccc(CN2C(=O)C3C(N=C(/N=C/c4ccccc4O)N3C)N(C)C2=O)cc1. The molecule has 0 saturated carbocycles. The van der Waals surface area contributed by atoms with E-state index in [1.165, 1.54) is 16.0 Å². The largest absolute Gasteiger partial charge is 0.507 e. The van der Waals surface area contributed by atoms with Gasteiger partial charge in [0.05, 0.1) is 6.54 Å². The molecule has 1 N–H and O–H groups in total. The fourth-order valence-corrected chi connectivity index (χ4v) is 3.62. The van der Waals surface area contributed by atoms with Gasteiger partial charge in [0, 0.05) is 25.9 Å². The molecule has 2 atom stereocenters. The topological polar surface area (TPSA) is 88.8 Å². The van der Waals surface area contributed by atoms with Gasteiger partial charge in [-0.2, -0.15) is 0 Å². The van der Waals surface area contributed by atoms with E-state index in [0.717, 1.165) is 11.1 Å². The first-order valence-corrected chi connectivity index (χ1v) is 9.63. The molecule has 0 spiro atoms. The standard InChI is InChI=1S/C22H23N5O3/c1-14-8-10-15(11-9-14)13-27-20(29)18-19(26(3)22(27)30)24-21(25(18)2)23-12-16-6-4-5-7-17(16)28/h4-12,18-19,28H,13H2,1-3H3/b23-12+. The van der Waals surface area contributed by atoms with Crippen molar-refractivity contribution in [1.29, 1.82) is 0 Å². The van der Waals surface area contributed by atoms with Crippen molar-refractivity contribution < 1.29 is 14.7 Å². The Morgan fingerprint density at radius 1 is 1.07 bits per heavy atom. The number of hydrogen-bond acceptors (Lipinski definition) is 6. The summed E-state index contributed by atoms with van der Waals surface area (Å²) in [6.07, 6.45) is 0.860. The number of guanidine groups is 1. The lowest BCUT2D eigenvalue weighted by Gasteiger charge is -2.40. The van der Waals surface area contributed by atoms with E-state index in [4.69, 9.17) is 0 Å². The number of rotatable bonds is 3. The third kappa shape index (κ3) is 3.41. The summed E-state index contributed by atoms with van der Waals surface area (Å²) in [6, 6.07) is 13.5. The fraction of sp³-hybridized carbons (Fsp3) is 0.273. The van der Waals surface area contributed by atoms with Gasteiger partial charge in [0.2, 0.25) is 5.96 Å². The molecule has 2 aromatic rings. The highest BCUT2D eigenvalue weighted by Gasteiger charge is 2.50. The second-order valence-electron chi connectivity index (χ2n) is 7.52. The van der Waals surface area contributed by atoms with E-state index in [2.05, 4.69) is 9.98 Å². The van der Waals surface area contributed by atoms with Gasteiger partial charge in [-0.1, -0.05) is 42.0 Å². The van der Waals surface area contributed by atoms with E-state index in [0.29, 0.717) is 11.5 Å². The van der Waals surface area contributed by atoms with Crippen LogP contribution in [0.25, 0.3) is 0 Å². The summed E-state index contributed by atoms with van der Waals surface area (Å²) in [4.78, 5) is 39.3. The number of aliphatic imine (C=N–C) groups is 2. The molecule has 0 radical (unpaired) electrons. The number of aromatic hydroxyl groups is 1. The Morgan fingerprint density at radius 3 is 2.47 bits per heavy atom. The lowest BCUT2D eigenvalue weighted by molar-refractivity contribution is -0.137. The zero-order chi connectivity index (χ0) is 21.4. The number of para-hydroxylation sites is 1.